The average molecular weight is 200 g/mol. The molecule has 0 heterocycles. The summed E-state index contributed by atoms with van der Waals surface area (Å²) in [5, 5.41) is 20.0. The molecular weight excluding hydrogens is 176 g/mol. The highest BCUT2D eigenvalue weighted by molar-refractivity contribution is 4.83. The fourth-order valence-electron chi connectivity index (χ4n) is 2.66. The number of aliphatic hydroxyl groups is 2. The van der Waals surface area contributed by atoms with Gasteiger partial charge in [-0.1, -0.05) is 39.5 Å². The summed E-state index contributed by atoms with van der Waals surface area (Å²) in [4.78, 5) is 0. The Kier molecular flexibility index (Phi) is 4.90. The van der Waals surface area contributed by atoms with Crippen LogP contribution in [-0.2, 0) is 0 Å². The first kappa shape index (κ1) is 12.0. The van der Waals surface area contributed by atoms with Crippen LogP contribution in [0.2, 0.25) is 0 Å². The van der Waals surface area contributed by atoms with E-state index in [0.29, 0.717) is 5.92 Å². The lowest BCUT2D eigenvalue weighted by Gasteiger charge is -2.35. The fraction of sp³-hybridized carbons (Fsp3) is 1.00. The van der Waals surface area contributed by atoms with Gasteiger partial charge in [-0.3, -0.25) is 0 Å². The van der Waals surface area contributed by atoms with E-state index < -0.39 is 0 Å². The molecule has 0 aromatic heterocycles. The van der Waals surface area contributed by atoms with Crippen molar-refractivity contribution in [2.75, 3.05) is 0 Å². The van der Waals surface area contributed by atoms with Crippen molar-refractivity contribution in [1.29, 1.82) is 0 Å². The van der Waals surface area contributed by atoms with E-state index in [1.807, 2.05) is 0 Å². The van der Waals surface area contributed by atoms with E-state index in [1.165, 1.54) is 6.42 Å². The van der Waals surface area contributed by atoms with Crippen LogP contribution >= 0.6 is 0 Å². The summed E-state index contributed by atoms with van der Waals surface area (Å²) in [6, 6.07) is 0. The summed E-state index contributed by atoms with van der Waals surface area (Å²) in [6.45, 7) is 4.24. The summed E-state index contributed by atoms with van der Waals surface area (Å²) in [7, 11) is 0. The van der Waals surface area contributed by atoms with Crippen LogP contribution in [0, 0.1) is 11.8 Å². The first-order valence-electron chi connectivity index (χ1n) is 6.06. The maximum absolute atomic E-state index is 10.1. The van der Waals surface area contributed by atoms with Crippen molar-refractivity contribution in [3.63, 3.8) is 0 Å². The van der Waals surface area contributed by atoms with E-state index >= 15 is 0 Å². The Hall–Kier alpha value is -0.0800. The van der Waals surface area contributed by atoms with Crippen molar-refractivity contribution in [2.45, 2.75) is 64.6 Å². The summed E-state index contributed by atoms with van der Waals surface area (Å²) in [6.07, 6.45) is 5.63. The third-order valence-corrected chi connectivity index (χ3v) is 3.75. The second-order valence-electron chi connectivity index (χ2n) is 4.58. The van der Waals surface area contributed by atoms with Crippen molar-refractivity contribution in [3.05, 3.63) is 0 Å². The molecule has 1 saturated carbocycles. The minimum atomic E-state index is -0.291. The lowest BCUT2D eigenvalue weighted by Crippen LogP contribution is -2.38. The number of rotatable bonds is 4. The largest absolute Gasteiger partial charge is 0.393 e. The first-order valence-corrected chi connectivity index (χ1v) is 6.06. The van der Waals surface area contributed by atoms with E-state index in [2.05, 4.69) is 13.8 Å². The Balaban J connectivity index is 2.52. The molecule has 0 aromatic rings. The molecule has 1 fully saturated rings. The molecule has 0 bridgehead atoms. The zero-order valence-corrected chi connectivity index (χ0v) is 9.45. The number of hydrogen-bond acceptors (Lipinski definition) is 2. The van der Waals surface area contributed by atoms with E-state index in [4.69, 9.17) is 0 Å². The van der Waals surface area contributed by atoms with Gasteiger partial charge in [0, 0.05) is 5.92 Å². The molecule has 84 valence electrons. The molecule has 0 radical (unpaired) electrons. The van der Waals surface area contributed by atoms with Crippen molar-refractivity contribution in [3.8, 4) is 0 Å². The molecule has 0 saturated heterocycles. The lowest BCUT2D eigenvalue weighted by atomic mass is 9.77. The molecule has 3 atom stereocenters. The standard InChI is InChI=1S/C12H24O2/c1-3-9(4-2)12(14)10-7-5-6-8-11(10)13/h9-14H,3-8H2,1-2H3/t10-,11-,12-/m0/s1. The maximum Gasteiger partial charge on any atom is 0.0620 e. The monoisotopic (exact) mass is 200 g/mol. The number of aliphatic hydroxyl groups excluding tert-OH is 2. The third-order valence-electron chi connectivity index (χ3n) is 3.75. The Morgan fingerprint density at radius 3 is 2.21 bits per heavy atom. The zero-order valence-electron chi connectivity index (χ0n) is 9.45. The maximum atomic E-state index is 10.1. The van der Waals surface area contributed by atoms with E-state index in [9.17, 15) is 10.2 Å². The van der Waals surface area contributed by atoms with Gasteiger partial charge < -0.3 is 10.2 Å². The van der Waals surface area contributed by atoms with Gasteiger partial charge in [0.05, 0.1) is 12.2 Å². The highest BCUT2D eigenvalue weighted by Crippen LogP contribution is 2.31. The van der Waals surface area contributed by atoms with Crippen LogP contribution in [0.4, 0.5) is 0 Å². The molecule has 0 amide bonds. The minimum Gasteiger partial charge on any atom is -0.393 e. The predicted molar refractivity (Wildman–Crippen MR) is 58.0 cm³/mol. The van der Waals surface area contributed by atoms with Gasteiger partial charge in [0.15, 0.2) is 0 Å². The van der Waals surface area contributed by atoms with Gasteiger partial charge in [-0.25, -0.2) is 0 Å². The molecule has 2 nitrogen and oxygen atoms in total. The van der Waals surface area contributed by atoms with Gasteiger partial charge in [-0.15, -0.1) is 0 Å². The van der Waals surface area contributed by atoms with Crippen molar-refractivity contribution < 1.29 is 10.2 Å². The second kappa shape index (κ2) is 5.72. The van der Waals surface area contributed by atoms with Crippen LogP contribution in [0.15, 0.2) is 0 Å². The molecule has 1 aliphatic rings. The van der Waals surface area contributed by atoms with Crippen LogP contribution in [0.1, 0.15) is 52.4 Å². The third kappa shape index (κ3) is 2.71. The van der Waals surface area contributed by atoms with E-state index in [-0.39, 0.29) is 18.1 Å². The Labute approximate surface area is 87.3 Å². The lowest BCUT2D eigenvalue weighted by molar-refractivity contribution is -0.0404. The van der Waals surface area contributed by atoms with Gasteiger partial charge in [0.25, 0.3) is 0 Å². The predicted octanol–water partition coefficient (Wildman–Crippen LogP) is 2.33. The summed E-state index contributed by atoms with van der Waals surface area (Å²) < 4.78 is 0. The van der Waals surface area contributed by atoms with Gasteiger partial charge in [0.1, 0.15) is 0 Å². The molecule has 14 heavy (non-hydrogen) atoms. The van der Waals surface area contributed by atoms with Crippen molar-refractivity contribution >= 4 is 0 Å². The Morgan fingerprint density at radius 2 is 1.71 bits per heavy atom. The molecule has 1 rings (SSSR count). The first-order chi connectivity index (χ1) is 6.70. The van der Waals surface area contributed by atoms with Gasteiger partial charge in [-0.05, 0) is 18.8 Å². The van der Waals surface area contributed by atoms with Crippen LogP contribution < -0.4 is 0 Å². The summed E-state index contributed by atoms with van der Waals surface area (Å²) >= 11 is 0. The highest BCUT2D eigenvalue weighted by atomic mass is 16.3. The quantitative estimate of drug-likeness (QED) is 0.731. The molecule has 0 aliphatic heterocycles. The molecular formula is C12H24O2. The van der Waals surface area contributed by atoms with Crippen LogP contribution in [0.25, 0.3) is 0 Å². The summed E-state index contributed by atoms with van der Waals surface area (Å²) in [5.41, 5.74) is 0. The SMILES string of the molecule is CCC(CC)[C@H](O)[C@H]1CCCC[C@@H]1O. The van der Waals surface area contributed by atoms with Crippen molar-refractivity contribution in [1.82, 2.24) is 0 Å². The minimum absolute atomic E-state index is 0.133. The topological polar surface area (TPSA) is 40.5 Å². The summed E-state index contributed by atoms with van der Waals surface area (Å²) in [5.74, 6) is 0.501. The fourth-order valence-corrected chi connectivity index (χ4v) is 2.66. The second-order valence-corrected chi connectivity index (χ2v) is 4.58. The molecule has 0 aromatic carbocycles. The molecule has 0 unspecified atom stereocenters. The Morgan fingerprint density at radius 1 is 1.14 bits per heavy atom. The van der Waals surface area contributed by atoms with Gasteiger partial charge in [0.2, 0.25) is 0 Å². The smallest absolute Gasteiger partial charge is 0.0620 e. The average Bonchev–Trinajstić information content (AvgIpc) is 2.20. The zero-order chi connectivity index (χ0) is 10.6. The molecule has 1 aliphatic carbocycles. The van der Waals surface area contributed by atoms with Crippen molar-refractivity contribution in [2.24, 2.45) is 11.8 Å². The van der Waals surface area contributed by atoms with E-state index in [1.54, 1.807) is 0 Å². The highest BCUT2D eigenvalue weighted by Gasteiger charge is 2.32. The van der Waals surface area contributed by atoms with Crippen LogP contribution in [0.3, 0.4) is 0 Å². The van der Waals surface area contributed by atoms with Gasteiger partial charge in [-0.2, -0.15) is 0 Å². The van der Waals surface area contributed by atoms with Crippen LogP contribution in [0.5, 0.6) is 0 Å². The van der Waals surface area contributed by atoms with E-state index in [0.717, 1.165) is 32.1 Å². The number of hydrogen-bond donors (Lipinski definition) is 2. The molecule has 0 spiro atoms. The van der Waals surface area contributed by atoms with Crippen LogP contribution in [-0.4, -0.2) is 22.4 Å². The molecule has 2 N–H and O–H groups in total. The molecule has 2 heteroatoms. The van der Waals surface area contributed by atoms with Gasteiger partial charge >= 0.3 is 0 Å². The Bertz CT molecular complexity index is 154. The normalized spacial score (nSPS) is 30.6.